The summed E-state index contributed by atoms with van der Waals surface area (Å²) in [6, 6.07) is 13.3. The third-order valence-electron chi connectivity index (χ3n) is 4.40. The topological polar surface area (TPSA) is 66.5 Å². The number of thioether (sulfide) groups is 1. The molecule has 0 fully saturated rings. The molecule has 0 heterocycles. The van der Waals surface area contributed by atoms with E-state index in [1.165, 1.54) is 10.6 Å². The van der Waals surface area contributed by atoms with E-state index in [9.17, 15) is 13.2 Å². The Morgan fingerprint density at radius 1 is 1.11 bits per heavy atom. The van der Waals surface area contributed by atoms with Gasteiger partial charge in [0.25, 0.3) is 0 Å². The molecule has 1 amide bonds. The van der Waals surface area contributed by atoms with Crippen molar-refractivity contribution >= 4 is 39.1 Å². The number of hydrogen-bond donors (Lipinski definition) is 1. The summed E-state index contributed by atoms with van der Waals surface area (Å²) in [6.45, 7) is 6.28. The van der Waals surface area contributed by atoms with Gasteiger partial charge in [-0.1, -0.05) is 25.1 Å². The van der Waals surface area contributed by atoms with Gasteiger partial charge >= 0.3 is 0 Å². The first-order valence-corrected chi connectivity index (χ1v) is 12.1. The van der Waals surface area contributed by atoms with Crippen molar-refractivity contribution in [2.75, 3.05) is 28.2 Å². The van der Waals surface area contributed by atoms with E-state index in [1.54, 1.807) is 11.8 Å². The first-order chi connectivity index (χ1) is 13.2. The molecule has 152 valence electrons. The van der Waals surface area contributed by atoms with Gasteiger partial charge in [0.2, 0.25) is 15.9 Å². The highest BCUT2D eigenvalue weighted by molar-refractivity contribution is 7.99. The van der Waals surface area contributed by atoms with E-state index in [-0.39, 0.29) is 18.9 Å². The summed E-state index contributed by atoms with van der Waals surface area (Å²) >= 11 is 1.67. The van der Waals surface area contributed by atoms with Gasteiger partial charge in [-0.25, -0.2) is 8.42 Å². The molecule has 0 aliphatic carbocycles. The molecule has 0 saturated carbocycles. The molecule has 2 aromatic rings. The second-order valence-electron chi connectivity index (χ2n) is 6.68. The molecule has 1 N–H and O–H groups in total. The summed E-state index contributed by atoms with van der Waals surface area (Å²) in [6.07, 6.45) is 1.89. The summed E-state index contributed by atoms with van der Waals surface area (Å²) < 4.78 is 25.8. The van der Waals surface area contributed by atoms with Crippen LogP contribution in [0.5, 0.6) is 0 Å². The standard InChI is InChI=1S/C21H28N2O3S2/c1-5-27-20-10-7-6-9-19(20)22-21(24)11-8-14-23(28(4,25)26)18-13-12-16(2)17(3)15-18/h6-7,9-10,12-13,15H,5,8,11,14H2,1-4H3,(H,22,24). The fourth-order valence-corrected chi connectivity index (χ4v) is 4.53. The van der Waals surface area contributed by atoms with Crippen molar-refractivity contribution in [1.82, 2.24) is 0 Å². The lowest BCUT2D eigenvalue weighted by molar-refractivity contribution is -0.116. The normalized spacial score (nSPS) is 11.3. The fourth-order valence-electron chi connectivity index (χ4n) is 2.81. The lowest BCUT2D eigenvalue weighted by atomic mass is 10.1. The summed E-state index contributed by atoms with van der Waals surface area (Å²) in [5.41, 5.74) is 3.58. The Kier molecular flexibility index (Phi) is 7.95. The van der Waals surface area contributed by atoms with Crippen LogP contribution in [0.1, 0.15) is 30.9 Å². The number of carbonyl (C=O) groups excluding carboxylic acids is 1. The average molecular weight is 421 g/mol. The smallest absolute Gasteiger partial charge is 0.232 e. The van der Waals surface area contributed by atoms with Gasteiger partial charge < -0.3 is 5.32 Å². The number of rotatable bonds is 9. The zero-order valence-corrected chi connectivity index (χ0v) is 18.5. The molecule has 0 spiro atoms. The lowest BCUT2D eigenvalue weighted by Gasteiger charge is -2.23. The third kappa shape index (κ3) is 6.27. The Hall–Kier alpha value is -1.99. The van der Waals surface area contributed by atoms with Crippen molar-refractivity contribution in [2.45, 2.75) is 38.5 Å². The van der Waals surface area contributed by atoms with Gasteiger partial charge in [0.15, 0.2) is 0 Å². The Bertz CT molecular complexity index is 927. The van der Waals surface area contributed by atoms with Gasteiger partial charge in [-0.15, -0.1) is 11.8 Å². The summed E-state index contributed by atoms with van der Waals surface area (Å²) in [4.78, 5) is 13.4. The van der Waals surface area contributed by atoms with Crippen molar-refractivity contribution in [3.8, 4) is 0 Å². The van der Waals surface area contributed by atoms with Crippen molar-refractivity contribution in [3.63, 3.8) is 0 Å². The highest BCUT2D eigenvalue weighted by Gasteiger charge is 2.18. The molecule has 0 aliphatic rings. The quantitative estimate of drug-likeness (QED) is 0.602. The van der Waals surface area contributed by atoms with Crippen LogP contribution in [0.15, 0.2) is 47.4 Å². The van der Waals surface area contributed by atoms with Gasteiger partial charge in [-0.05, 0) is 61.4 Å². The SMILES string of the molecule is CCSc1ccccc1NC(=O)CCCN(c1ccc(C)c(C)c1)S(C)(=O)=O. The number of sulfonamides is 1. The van der Waals surface area contributed by atoms with E-state index in [0.29, 0.717) is 12.1 Å². The fraction of sp³-hybridized carbons (Fsp3) is 0.381. The largest absolute Gasteiger partial charge is 0.325 e. The van der Waals surface area contributed by atoms with Crippen LogP contribution in [0, 0.1) is 13.8 Å². The number of hydrogen-bond acceptors (Lipinski definition) is 4. The first-order valence-electron chi connectivity index (χ1n) is 9.29. The molecule has 0 aromatic heterocycles. The van der Waals surface area contributed by atoms with E-state index < -0.39 is 10.0 Å². The number of nitrogens with zero attached hydrogens (tertiary/aromatic N) is 1. The van der Waals surface area contributed by atoms with Crippen LogP contribution < -0.4 is 9.62 Å². The monoisotopic (exact) mass is 420 g/mol. The summed E-state index contributed by atoms with van der Waals surface area (Å²) in [5, 5.41) is 2.94. The third-order valence-corrected chi connectivity index (χ3v) is 6.55. The van der Waals surface area contributed by atoms with Gasteiger partial charge in [0.05, 0.1) is 17.6 Å². The van der Waals surface area contributed by atoms with Gasteiger partial charge in [-0.3, -0.25) is 9.10 Å². The van der Waals surface area contributed by atoms with Crippen LogP contribution in [-0.4, -0.2) is 32.9 Å². The highest BCUT2D eigenvalue weighted by atomic mass is 32.2. The number of aryl methyl sites for hydroxylation is 2. The maximum absolute atomic E-state index is 12.3. The maximum atomic E-state index is 12.3. The van der Waals surface area contributed by atoms with Crippen molar-refractivity contribution < 1.29 is 13.2 Å². The molecule has 0 saturated heterocycles. The van der Waals surface area contributed by atoms with E-state index in [4.69, 9.17) is 0 Å². The van der Waals surface area contributed by atoms with Gasteiger partial charge in [-0.2, -0.15) is 0 Å². The van der Waals surface area contributed by atoms with E-state index in [0.717, 1.165) is 27.5 Å². The number of benzene rings is 2. The van der Waals surface area contributed by atoms with Crippen molar-refractivity contribution in [3.05, 3.63) is 53.6 Å². The van der Waals surface area contributed by atoms with Crippen LogP contribution in [0.25, 0.3) is 0 Å². The Morgan fingerprint density at radius 3 is 2.46 bits per heavy atom. The molecule has 2 aromatic carbocycles. The molecular weight excluding hydrogens is 392 g/mol. The molecular formula is C21H28N2O3S2. The number of carbonyl (C=O) groups is 1. The van der Waals surface area contributed by atoms with E-state index in [1.807, 2.05) is 56.3 Å². The molecule has 0 atom stereocenters. The average Bonchev–Trinajstić information content (AvgIpc) is 2.62. The van der Waals surface area contributed by atoms with Crippen LogP contribution in [0.4, 0.5) is 11.4 Å². The maximum Gasteiger partial charge on any atom is 0.232 e. The van der Waals surface area contributed by atoms with E-state index >= 15 is 0 Å². The number of para-hydroxylation sites is 1. The Balaban J connectivity index is 2.01. The Labute approximate surface area is 172 Å². The number of amides is 1. The number of nitrogens with one attached hydrogen (secondary N) is 1. The van der Waals surface area contributed by atoms with Crippen LogP contribution in [0.3, 0.4) is 0 Å². The molecule has 0 radical (unpaired) electrons. The molecule has 0 aliphatic heterocycles. The zero-order valence-electron chi connectivity index (χ0n) is 16.9. The summed E-state index contributed by atoms with van der Waals surface area (Å²) in [5.74, 6) is 0.810. The molecule has 28 heavy (non-hydrogen) atoms. The van der Waals surface area contributed by atoms with Crippen LogP contribution in [0.2, 0.25) is 0 Å². The lowest BCUT2D eigenvalue weighted by Crippen LogP contribution is -2.31. The molecule has 5 nitrogen and oxygen atoms in total. The molecule has 2 rings (SSSR count). The minimum atomic E-state index is -3.42. The number of anilines is 2. The highest BCUT2D eigenvalue weighted by Crippen LogP contribution is 2.27. The van der Waals surface area contributed by atoms with Crippen molar-refractivity contribution in [2.24, 2.45) is 0 Å². The first kappa shape index (κ1) is 22.3. The summed E-state index contributed by atoms with van der Waals surface area (Å²) in [7, 11) is -3.42. The van der Waals surface area contributed by atoms with Gasteiger partial charge in [0.1, 0.15) is 0 Å². The minimum Gasteiger partial charge on any atom is -0.325 e. The Morgan fingerprint density at radius 2 is 1.82 bits per heavy atom. The van der Waals surface area contributed by atoms with E-state index in [2.05, 4.69) is 12.2 Å². The second kappa shape index (κ2) is 9.98. The molecule has 0 bridgehead atoms. The predicted molar refractivity (Wildman–Crippen MR) is 119 cm³/mol. The van der Waals surface area contributed by atoms with Crippen LogP contribution in [-0.2, 0) is 14.8 Å². The second-order valence-corrected chi connectivity index (χ2v) is 9.90. The van der Waals surface area contributed by atoms with Gasteiger partial charge in [0, 0.05) is 17.9 Å². The molecule has 0 unspecified atom stereocenters. The zero-order chi connectivity index (χ0) is 20.7. The predicted octanol–water partition coefficient (Wildman–Crippen LogP) is 4.60. The van der Waals surface area contributed by atoms with Crippen molar-refractivity contribution in [1.29, 1.82) is 0 Å². The molecule has 7 heteroatoms. The van der Waals surface area contributed by atoms with Crippen LogP contribution >= 0.6 is 11.8 Å². The minimum absolute atomic E-state index is 0.113.